The first-order valence-corrected chi connectivity index (χ1v) is 42.2. The van der Waals surface area contributed by atoms with Gasteiger partial charge in [0.1, 0.15) is 118 Å². The molecule has 3 aromatic heterocycles. The highest BCUT2D eigenvalue weighted by Gasteiger charge is 2.40. The fraction of sp³-hybridized carbons (Fsp3) is 0.283. The van der Waals surface area contributed by atoms with Gasteiger partial charge in [0, 0.05) is 70.2 Å². The number of phenols is 6. The minimum atomic E-state index is -1.72. The van der Waals surface area contributed by atoms with Crippen LogP contribution in [0.3, 0.4) is 0 Å². The molecule has 0 saturated carbocycles. The summed E-state index contributed by atoms with van der Waals surface area (Å²) in [6, 6.07) is 36.0. The SMILES string of the molecule is C.C.CC(=O)[C@@H](CC(N)=O)NC(=O)C(C)(C)c1cc(-c2nc3ccc(C(=N)N)cc3[nH]2)c(O)c(-c2cc(OOSN)ccc2O)c1.CC[C@@H](O)C(=O)NCc1ccc(O)c(-c2cc(C(C)(C)C(N)=O)cc(-c3nc4ccc(C(=N)N)cc4[nH]3)c2O)c1.CC[C@@H](O)[C@H](O)[C@@H](O)[C@H](O)CN(C)C(=O)C(C)(C)c1cc(-c2nc3ccc(C(=N)N)cc3[nH]2)c(O)c(-c2cc(OOSN)ccc2O)c1. The molecule has 0 saturated heterocycles. The fourth-order valence-electron chi connectivity index (χ4n) is 14.0. The van der Waals surface area contributed by atoms with Crippen LogP contribution in [0.15, 0.2) is 146 Å². The summed E-state index contributed by atoms with van der Waals surface area (Å²) in [6.07, 6.45) is -7.30. The minimum Gasteiger partial charge on any atom is -0.507 e. The summed E-state index contributed by atoms with van der Waals surface area (Å²) in [5, 5.41) is 157. The normalized spacial score (nSPS) is 12.8. The zero-order valence-electron chi connectivity index (χ0n) is 73.0. The van der Waals surface area contributed by atoms with Gasteiger partial charge < -0.3 is 125 Å². The van der Waals surface area contributed by atoms with Gasteiger partial charge in [-0.05, 0) is 223 Å². The number of likely N-dealkylation sites (N-methyl/N-ethyl adjacent to an activating group) is 1. The number of nitrogen functional groups attached to an aromatic ring is 3. The Balaban J connectivity index is 0.000000246. The van der Waals surface area contributed by atoms with E-state index in [1.54, 1.807) is 146 Å². The van der Waals surface area contributed by atoms with Gasteiger partial charge in [0.15, 0.2) is 17.3 Å². The van der Waals surface area contributed by atoms with Crippen molar-refractivity contribution in [3.05, 3.63) is 185 Å². The minimum absolute atomic E-state index is 0. The van der Waals surface area contributed by atoms with E-state index in [2.05, 4.69) is 40.5 Å². The first-order valence-electron chi connectivity index (χ1n) is 40.5. The van der Waals surface area contributed by atoms with Crippen LogP contribution in [0.25, 0.3) is 101 Å². The molecule has 33 N–H and O–H groups in total. The van der Waals surface area contributed by atoms with Crippen molar-refractivity contribution >= 4 is 110 Å². The highest BCUT2D eigenvalue weighted by molar-refractivity contribution is 7.92. The van der Waals surface area contributed by atoms with Gasteiger partial charge in [-0.15, -0.1) is 0 Å². The Morgan fingerprint density at radius 1 is 0.478 bits per heavy atom. The number of amidine groups is 3. The van der Waals surface area contributed by atoms with E-state index in [0.717, 1.165) is 0 Å². The summed E-state index contributed by atoms with van der Waals surface area (Å²) in [5.74, 6) is -4.26. The van der Waals surface area contributed by atoms with Gasteiger partial charge in [0.25, 0.3) is 0 Å². The molecule has 42 heteroatoms. The van der Waals surface area contributed by atoms with E-state index in [1.165, 1.54) is 73.5 Å². The number of hydrogen-bond donors (Lipinski definition) is 26. The van der Waals surface area contributed by atoms with Crippen LogP contribution in [0.4, 0.5) is 0 Å². The van der Waals surface area contributed by atoms with Crippen molar-refractivity contribution < 1.29 is 103 Å². The second-order valence-corrected chi connectivity index (χ2v) is 33.2. The Morgan fingerprint density at radius 3 is 1.20 bits per heavy atom. The number of phenolic OH excluding ortho intramolecular Hbond substituents is 6. The van der Waals surface area contributed by atoms with E-state index in [9.17, 15) is 84.9 Å². The number of primary amides is 2. The number of H-pyrrole nitrogens is 3. The third-order valence-electron chi connectivity index (χ3n) is 22.3. The zero-order valence-corrected chi connectivity index (χ0v) is 74.6. The van der Waals surface area contributed by atoms with Crippen molar-refractivity contribution in [2.75, 3.05) is 13.6 Å². The van der Waals surface area contributed by atoms with E-state index in [0.29, 0.717) is 96.5 Å². The standard InChI is InChI=1S/C32H40N6O9S.C29H31N7O7S.C29H32N6O5.2CH4/c1-5-23(39)27(43)28(44)25(41)14-38(4)31(45)32(2,3)16-11-19(18-13-17(46-47-48-35)7-9-24(18)40)26(42)20(12-16)30-36-21-8-6-15(29(33)34)10-22(21)37-30;1-13(37)21(12-24(30)39)36-28(41)29(2,3)15-9-18(17-11-16(42-43-44-33)5-7-23(17)38)25(40)19(10-15)27-34-20-6-4-14(26(31)32)8-22(20)35-27;1-4-22(36)27(39)33-13-14-5-8-23(37)17(9-14)18-11-16(29(2,3)28(32)40)12-19(24(18)38)26-34-20-7-6-15(25(30)31)10-21(20)35-26;;/h6-13,23,25,27-28,39-44H,5,14,35H2,1-4H3,(H3,33,34)(H,36,37);4-11,21,38,40H,12,33H2,1-3H3,(H2,30,39)(H3,31,32)(H,34,35)(H,36,41);5-12,22,36-38H,4,13H2,1-3H3,(H3,30,31)(H2,32,40)(H,33,39)(H,34,35);2*1H4/t23-,25-,27+,28+;21-;22-;;/m111../s1. The maximum Gasteiger partial charge on any atom is 0.249 e. The van der Waals surface area contributed by atoms with Crippen LogP contribution in [0.5, 0.6) is 46.0 Å². The predicted octanol–water partition coefficient (Wildman–Crippen LogP) is 8.68. The number of aromatic nitrogens is 6. The second kappa shape index (κ2) is 43.7. The van der Waals surface area contributed by atoms with E-state index < -0.39 is 88.1 Å². The van der Waals surface area contributed by atoms with Gasteiger partial charge in [0.2, 0.25) is 29.5 Å². The zero-order chi connectivity index (χ0) is 97.2. The molecule has 0 fully saturated rings. The number of aliphatic hydroxyl groups excluding tert-OH is 5. The lowest BCUT2D eigenvalue weighted by atomic mass is 9.80. The quantitative estimate of drug-likeness (QED) is 0.00441. The molecule has 0 aliphatic carbocycles. The number of aromatic hydroxyl groups is 6. The number of carbonyl (C=O) groups excluding carboxylic acids is 6. The fourth-order valence-corrected chi connectivity index (χ4v) is 14.3. The van der Waals surface area contributed by atoms with E-state index >= 15 is 0 Å². The van der Waals surface area contributed by atoms with Crippen LogP contribution in [0.1, 0.15) is 135 Å². The number of fused-ring (bicyclic) bond motifs is 3. The molecule has 12 rings (SSSR count). The van der Waals surface area contributed by atoms with Crippen molar-refractivity contribution in [3.8, 4) is 114 Å². The average molecular weight is 1880 g/mol. The Labute approximate surface area is 777 Å². The number of nitrogens with two attached hydrogens (primary N) is 7. The molecule has 3 heterocycles. The number of nitrogens with one attached hydrogen (secondary N) is 8. The van der Waals surface area contributed by atoms with Crippen molar-refractivity contribution in [2.24, 2.45) is 38.9 Å². The first-order chi connectivity index (χ1) is 62.1. The molecule has 712 valence electrons. The van der Waals surface area contributed by atoms with Crippen LogP contribution in [0.2, 0.25) is 0 Å². The number of amides is 5. The highest BCUT2D eigenvalue weighted by Crippen LogP contribution is 2.50. The van der Waals surface area contributed by atoms with E-state index in [-0.39, 0.29) is 178 Å². The monoisotopic (exact) mass is 1880 g/mol. The molecule has 0 radical (unpaired) electrons. The Bertz CT molecular complexity index is 6440. The number of carbonyl (C=O) groups is 6. The van der Waals surface area contributed by atoms with Crippen LogP contribution >= 0.6 is 24.5 Å². The maximum absolute atomic E-state index is 13.9. The van der Waals surface area contributed by atoms with Gasteiger partial charge in [-0.1, -0.05) is 43.4 Å². The molecule has 0 unspecified atom stereocenters. The van der Waals surface area contributed by atoms with E-state index in [1.807, 2.05) is 0 Å². The number of aromatic amines is 3. The van der Waals surface area contributed by atoms with Gasteiger partial charge >= 0.3 is 0 Å². The topological polar surface area (TPSA) is 729 Å². The molecule has 0 bridgehead atoms. The largest absolute Gasteiger partial charge is 0.507 e. The molecule has 12 aromatic rings. The summed E-state index contributed by atoms with van der Waals surface area (Å²) in [5.41, 5.74) is 32.0. The van der Waals surface area contributed by atoms with Crippen molar-refractivity contribution in [1.29, 1.82) is 16.2 Å². The number of rotatable bonds is 35. The van der Waals surface area contributed by atoms with Crippen LogP contribution in [0, 0.1) is 16.2 Å². The Kier molecular flexibility index (Phi) is 34.2. The van der Waals surface area contributed by atoms with Crippen LogP contribution < -0.4 is 59.4 Å². The summed E-state index contributed by atoms with van der Waals surface area (Å²) in [4.78, 5) is 110. The van der Waals surface area contributed by atoms with Gasteiger partial charge in [0.05, 0.1) is 84.6 Å². The molecule has 0 spiro atoms. The predicted molar refractivity (Wildman–Crippen MR) is 509 cm³/mol. The van der Waals surface area contributed by atoms with Crippen LogP contribution in [-0.2, 0) is 60.2 Å². The third-order valence-corrected chi connectivity index (χ3v) is 22.6. The van der Waals surface area contributed by atoms with Gasteiger partial charge in [-0.25, -0.2) is 15.0 Å². The van der Waals surface area contributed by atoms with Gasteiger partial charge in [-0.2, -0.15) is 0 Å². The summed E-state index contributed by atoms with van der Waals surface area (Å²) in [6.45, 7) is 13.9. The van der Waals surface area contributed by atoms with Crippen molar-refractivity contribution in [1.82, 2.24) is 45.4 Å². The Morgan fingerprint density at radius 2 is 0.843 bits per heavy atom. The molecule has 0 aliphatic rings. The summed E-state index contributed by atoms with van der Waals surface area (Å²) in [7, 11) is 1.42. The molecular weight excluding hydrogens is 1770 g/mol. The Hall–Kier alpha value is -14.4. The number of imidazole rings is 3. The smallest absolute Gasteiger partial charge is 0.249 e. The average Bonchev–Trinajstić information content (AvgIpc) is 1.47. The lowest BCUT2D eigenvalue weighted by Crippen LogP contribution is -2.51. The molecular formula is C92H111N19O21S2. The summed E-state index contributed by atoms with van der Waals surface area (Å²) >= 11 is 0.926. The number of ketones is 1. The molecule has 40 nitrogen and oxygen atoms in total. The number of nitrogens with zero attached hydrogens (tertiary/aromatic N) is 4. The van der Waals surface area contributed by atoms with Gasteiger partial charge in [-0.3, -0.25) is 55.3 Å². The van der Waals surface area contributed by atoms with Crippen molar-refractivity contribution in [3.63, 3.8) is 0 Å². The lowest BCUT2D eigenvalue weighted by molar-refractivity contribution is -0.141. The maximum atomic E-state index is 13.9. The van der Waals surface area contributed by atoms with Crippen molar-refractivity contribution in [2.45, 2.75) is 156 Å². The first kappa shape index (κ1) is 105. The molecule has 6 atom stereocenters. The summed E-state index contributed by atoms with van der Waals surface area (Å²) < 4.78 is 9.47. The highest BCUT2D eigenvalue weighted by atomic mass is 32.2. The molecule has 134 heavy (non-hydrogen) atoms. The number of aliphatic hydroxyl groups is 5. The third kappa shape index (κ3) is 23.5. The lowest BCUT2D eigenvalue weighted by Gasteiger charge is -2.33. The number of benzene rings is 9. The second-order valence-electron chi connectivity index (χ2n) is 32.6. The number of Topliss-reactive ketones (excluding diaryl/α,β-unsaturated/α-hetero) is 1. The number of hydrogen-bond acceptors (Lipinski definition) is 31. The molecule has 0 aliphatic heterocycles. The molecule has 5 amide bonds. The van der Waals surface area contributed by atoms with E-state index in [4.69, 9.17) is 73.6 Å². The van der Waals surface area contributed by atoms with Crippen LogP contribution in [-0.4, -0.2) is 194 Å². The molecule has 9 aromatic carbocycles.